The van der Waals surface area contributed by atoms with Crippen molar-refractivity contribution >= 4 is 5.91 Å². The van der Waals surface area contributed by atoms with Gasteiger partial charge in [-0.1, -0.05) is 10.4 Å². The number of hydrogen-bond donors (Lipinski definition) is 1. The molecule has 0 aliphatic heterocycles. The molecule has 0 radical (unpaired) electrons. The summed E-state index contributed by atoms with van der Waals surface area (Å²) in [4.78, 5) is 16.0. The molecule has 4 rings (SSSR count). The van der Waals surface area contributed by atoms with Crippen LogP contribution < -0.4 is 5.32 Å². The lowest BCUT2D eigenvalue weighted by atomic mass is 10.3. The largest absolute Gasteiger partial charge is 0.360 e. The van der Waals surface area contributed by atoms with Crippen LogP contribution in [-0.4, -0.2) is 31.0 Å². The maximum atomic E-state index is 12.1. The molecule has 8 heteroatoms. The van der Waals surface area contributed by atoms with Gasteiger partial charge >= 0.3 is 0 Å². The minimum atomic E-state index is -0.279. The van der Waals surface area contributed by atoms with Crippen molar-refractivity contribution in [1.29, 1.82) is 0 Å². The summed E-state index contributed by atoms with van der Waals surface area (Å²) in [5.74, 6) is 0.946. The number of nitrogens with one attached hydrogen (secondary N) is 1. The van der Waals surface area contributed by atoms with E-state index in [-0.39, 0.29) is 12.5 Å². The van der Waals surface area contributed by atoms with E-state index in [0.29, 0.717) is 17.3 Å². The van der Waals surface area contributed by atoms with E-state index in [1.165, 1.54) is 0 Å². The Morgan fingerprint density at radius 3 is 2.96 bits per heavy atom. The lowest BCUT2D eigenvalue weighted by molar-refractivity contribution is 0.0941. The third kappa shape index (κ3) is 2.96. The van der Waals surface area contributed by atoms with Crippen LogP contribution in [-0.2, 0) is 6.54 Å². The number of amides is 1. The van der Waals surface area contributed by atoms with Crippen LogP contribution in [0.4, 0.5) is 0 Å². The van der Waals surface area contributed by atoms with Crippen molar-refractivity contribution in [3.63, 3.8) is 0 Å². The summed E-state index contributed by atoms with van der Waals surface area (Å²) in [5, 5.41) is 14.6. The van der Waals surface area contributed by atoms with Gasteiger partial charge in [0.15, 0.2) is 5.69 Å². The normalized spacial score (nSPS) is 13.9. The Morgan fingerprint density at radius 1 is 1.35 bits per heavy atom. The number of hydrogen-bond acceptors (Lipinski definition) is 6. The predicted octanol–water partition coefficient (Wildman–Crippen LogP) is 1.46. The second-order valence-electron chi connectivity index (χ2n) is 5.43. The molecule has 3 aromatic rings. The molecule has 3 aromatic heterocycles. The first-order valence-corrected chi connectivity index (χ1v) is 7.36. The van der Waals surface area contributed by atoms with Crippen LogP contribution in [0.15, 0.2) is 41.3 Å². The van der Waals surface area contributed by atoms with Crippen molar-refractivity contribution in [2.45, 2.75) is 25.3 Å². The Balaban J connectivity index is 1.38. The van der Waals surface area contributed by atoms with Crippen LogP contribution in [0, 0.1) is 0 Å². The molecule has 1 N–H and O–H groups in total. The molecule has 0 bridgehead atoms. The molecular weight excluding hydrogens is 296 g/mol. The molecular formula is C15H14N6O2. The van der Waals surface area contributed by atoms with E-state index >= 15 is 0 Å². The average Bonchev–Trinajstić information content (AvgIpc) is 3.14. The van der Waals surface area contributed by atoms with Gasteiger partial charge in [0, 0.05) is 24.4 Å². The Labute approximate surface area is 131 Å². The first-order valence-electron chi connectivity index (χ1n) is 7.36. The Kier molecular flexibility index (Phi) is 3.34. The lowest BCUT2D eigenvalue weighted by Crippen LogP contribution is -2.23. The predicted molar refractivity (Wildman–Crippen MR) is 78.8 cm³/mol. The molecule has 1 amide bonds. The zero-order valence-electron chi connectivity index (χ0n) is 12.2. The fraction of sp³-hybridized carbons (Fsp3) is 0.267. The van der Waals surface area contributed by atoms with Crippen molar-refractivity contribution in [2.24, 2.45) is 0 Å². The standard InChI is InChI=1S/C15H14N6O2/c22-15(13-7-14(23-19-13)10-1-2-10)17-8-11-9-21(20-18-11)12-3-5-16-6-4-12/h3-7,9-10H,1-2,8H2,(H,17,22). The molecule has 1 aliphatic rings. The Morgan fingerprint density at radius 2 is 2.17 bits per heavy atom. The maximum Gasteiger partial charge on any atom is 0.273 e. The highest BCUT2D eigenvalue weighted by Crippen LogP contribution is 2.40. The Hall–Kier alpha value is -3.03. The number of pyridine rings is 1. The zero-order valence-corrected chi connectivity index (χ0v) is 12.2. The van der Waals surface area contributed by atoms with E-state index < -0.39 is 0 Å². The highest BCUT2D eigenvalue weighted by Gasteiger charge is 2.28. The van der Waals surface area contributed by atoms with Crippen molar-refractivity contribution in [1.82, 2.24) is 30.5 Å². The second kappa shape index (κ2) is 5.64. The van der Waals surface area contributed by atoms with E-state index in [9.17, 15) is 4.79 Å². The van der Waals surface area contributed by atoms with Gasteiger partial charge in [0.2, 0.25) is 0 Å². The first-order chi connectivity index (χ1) is 11.3. The minimum absolute atomic E-state index is 0.273. The monoisotopic (exact) mass is 310 g/mol. The van der Waals surface area contributed by atoms with Gasteiger partial charge in [0.05, 0.1) is 18.4 Å². The molecule has 0 aromatic carbocycles. The van der Waals surface area contributed by atoms with Gasteiger partial charge in [-0.2, -0.15) is 0 Å². The molecule has 116 valence electrons. The SMILES string of the molecule is O=C(NCc1cn(-c2ccncc2)nn1)c1cc(C2CC2)on1. The van der Waals surface area contributed by atoms with Crippen LogP contribution in [0.1, 0.15) is 40.7 Å². The van der Waals surface area contributed by atoms with E-state index in [2.05, 4.69) is 25.8 Å². The number of aromatic nitrogens is 5. The number of carbonyl (C=O) groups excluding carboxylic acids is 1. The van der Waals surface area contributed by atoms with Gasteiger partial charge in [-0.25, -0.2) is 4.68 Å². The average molecular weight is 310 g/mol. The summed E-state index contributed by atoms with van der Waals surface area (Å²) in [6, 6.07) is 5.36. The van der Waals surface area contributed by atoms with Crippen molar-refractivity contribution < 1.29 is 9.32 Å². The van der Waals surface area contributed by atoms with Crippen LogP contribution in [0.25, 0.3) is 5.69 Å². The summed E-state index contributed by atoms with van der Waals surface area (Å²) in [5.41, 5.74) is 1.81. The summed E-state index contributed by atoms with van der Waals surface area (Å²) in [7, 11) is 0. The van der Waals surface area contributed by atoms with Gasteiger partial charge in [-0.05, 0) is 25.0 Å². The molecule has 0 saturated heterocycles. The molecule has 0 unspecified atom stereocenters. The number of carbonyl (C=O) groups is 1. The van der Waals surface area contributed by atoms with Gasteiger partial charge in [0.1, 0.15) is 11.5 Å². The van der Waals surface area contributed by atoms with Crippen LogP contribution in [0.3, 0.4) is 0 Å². The molecule has 3 heterocycles. The Bertz CT molecular complexity index is 821. The van der Waals surface area contributed by atoms with E-state index in [1.54, 1.807) is 29.3 Å². The molecule has 23 heavy (non-hydrogen) atoms. The van der Waals surface area contributed by atoms with Crippen LogP contribution >= 0.6 is 0 Å². The van der Waals surface area contributed by atoms with E-state index in [1.807, 2.05) is 12.1 Å². The van der Waals surface area contributed by atoms with Crippen molar-refractivity contribution in [2.75, 3.05) is 0 Å². The molecule has 1 fully saturated rings. The van der Waals surface area contributed by atoms with Crippen molar-refractivity contribution in [3.05, 3.63) is 53.9 Å². The van der Waals surface area contributed by atoms with Crippen molar-refractivity contribution in [3.8, 4) is 5.69 Å². The highest BCUT2D eigenvalue weighted by atomic mass is 16.5. The summed E-state index contributed by atoms with van der Waals surface area (Å²) < 4.78 is 6.80. The lowest BCUT2D eigenvalue weighted by Gasteiger charge is -1.99. The smallest absolute Gasteiger partial charge is 0.273 e. The van der Waals surface area contributed by atoms with Gasteiger partial charge in [0.25, 0.3) is 5.91 Å². The molecule has 0 spiro atoms. The molecule has 1 aliphatic carbocycles. The molecule has 0 atom stereocenters. The van der Waals surface area contributed by atoms with Gasteiger partial charge in [-0.15, -0.1) is 5.10 Å². The van der Waals surface area contributed by atoms with Gasteiger partial charge in [-0.3, -0.25) is 9.78 Å². The summed E-state index contributed by atoms with van der Waals surface area (Å²) in [6.45, 7) is 0.273. The van der Waals surface area contributed by atoms with E-state index in [4.69, 9.17) is 4.52 Å². The maximum absolute atomic E-state index is 12.1. The topological polar surface area (TPSA) is 98.7 Å². The zero-order chi connectivity index (χ0) is 15.6. The second-order valence-corrected chi connectivity index (χ2v) is 5.43. The fourth-order valence-corrected chi connectivity index (χ4v) is 2.22. The highest BCUT2D eigenvalue weighted by molar-refractivity contribution is 5.92. The van der Waals surface area contributed by atoms with Gasteiger partial charge < -0.3 is 9.84 Å². The van der Waals surface area contributed by atoms with E-state index in [0.717, 1.165) is 24.3 Å². The fourth-order valence-electron chi connectivity index (χ4n) is 2.22. The number of rotatable bonds is 5. The molecule has 1 saturated carbocycles. The third-order valence-corrected chi connectivity index (χ3v) is 3.64. The molecule has 8 nitrogen and oxygen atoms in total. The van der Waals surface area contributed by atoms with Crippen LogP contribution in [0.5, 0.6) is 0 Å². The summed E-state index contributed by atoms with van der Waals surface area (Å²) >= 11 is 0. The number of nitrogens with zero attached hydrogens (tertiary/aromatic N) is 5. The summed E-state index contributed by atoms with van der Waals surface area (Å²) in [6.07, 6.45) is 7.33. The van der Waals surface area contributed by atoms with Crippen LogP contribution in [0.2, 0.25) is 0 Å². The third-order valence-electron chi connectivity index (χ3n) is 3.64. The minimum Gasteiger partial charge on any atom is -0.360 e. The quantitative estimate of drug-likeness (QED) is 0.766. The first kappa shape index (κ1) is 13.6.